The fraction of sp³-hybridized carbons (Fsp3) is 0.176. The third-order valence-electron chi connectivity index (χ3n) is 3.33. The third kappa shape index (κ3) is 3.26. The standard InChI is InChI=1S/C17H17N3S2/c1-11-7-12(2)16(13(3)8-11)15-10-22-17(19-15)20-18-9-14-5-4-6-21-14/h4-10H,1-3H3,(H,19,20)/b18-9-. The molecule has 0 unspecified atom stereocenters. The van der Waals surface area contributed by atoms with Crippen molar-refractivity contribution in [2.45, 2.75) is 20.8 Å². The van der Waals surface area contributed by atoms with Crippen molar-refractivity contribution in [1.82, 2.24) is 4.98 Å². The van der Waals surface area contributed by atoms with Gasteiger partial charge in [0, 0.05) is 15.8 Å². The van der Waals surface area contributed by atoms with E-state index in [-0.39, 0.29) is 0 Å². The maximum Gasteiger partial charge on any atom is 0.203 e. The quantitative estimate of drug-likeness (QED) is 0.525. The molecule has 2 heterocycles. The number of aromatic nitrogens is 1. The van der Waals surface area contributed by atoms with Crippen molar-refractivity contribution in [1.29, 1.82) is 0 Å². The number of nitrogens with one attached hydrogen (secondary N) is 1. The van der Waals surface area contributed by atoms with Crippen LogP contribution >= 0.6 is 22.7 Å². The molecule has 0 saturated heterocycles. The molecule has 5 heteroatoms. The second-order valence-electron chi connectivity index (χ2n) is 5.20. The Morgan fingerprint density at radius 1 is 1.14 bits per heavy atom. The molecule has 3 rings (SSSR count). The van der Waals surface area contributed by atoms with Crippen molar-refractivity contribution in [2.75, 3.05) is 5.43 Å². The molecule has 0 atom stereocenters. The molecule has 0 aliphatic heterocycles. The summed E-state index contributed by atoms with van der Waals surface area (Å²) < 4.78 is 0. The van der Waals surface area contributed by atoms with Crippen LogP contribution in [-0.4, -0.2) is 11.2 Å². The molecule has 0 radical (unpaired) electrons. The van der Waals surface area contributed by atoms with Gasteiger partial charge in [-0.15, -0.1) is 22.7 Å². The van der Waals surface area contributed by atoms with Crippen molar-refractivity contribution in [3.63, 3.8) is 0 Å². The number of benzene rings is 1. The van der Waals surface area contributed by atoms with Gasteiger partial charge in [-0.05, 0) is 43.3 Å². The molecule has 2 aromatic heterocycles. The number of hydrogen-bond donors (Lipinski definition) is 1. The summed E-state index contributed by atoms with van der Waals surface area (Å²) >= 11 is 3.23. The molecule has 0 spiro atoms. The molecule has 3 nitrogen and oxygen atoms in total. The van der Waals surface area contributed by atoms with E-state index in [9.17, 15) is 0 Å². The monoisotopic (exact) mass is 327 g/mol. The average Bonchev–Trinajstić information content (AvgIpc) is 3.10. The van der Waals surface area contributed by atoms with Crippen molar-refractivity contribution >= 4 is 34.0 Å². The Kier molecular flexibility index (Phi) is 4.36. The topological polar surface area (TPSA) is 37.3 Å². The van der Waals surface area contributed by atoms with Crippen LogP contribution < -0.4 is 5.43 Å². The number of nitrogens with zero attached hydrogens (tertiary/aromatic N) is 2. The fourth-order valence-corrected chi connectivity index (χ4v) is 3.78. The van der Waals surface area contributed by atoms with Gasteiger partial charge in [0.05, 0.1) is 11.9 Å². The molecule has 0 amide bonds. The van der Waals surface area contributed by atoms with Crippen molar-refractivity contribution in [2.24, 2.45) is 5.10 Å². The number of hydrazone groups is 1. The first-order valence-corrected chi connectivity index (χ1v) is 8.76. The highest BCUT2D eigenvalue weighted by Crippen LogP contribution is 2.31. The highest BCUT2D eigenvalue weighted by molar-refractivity contribution is 7.14. The van der Waals surface area contributed by atoms with E-state index < -0.39 is 0 Å². The number of aryl methyl sites for hydroxylation is 3. The van der Waals surface area contributed by atoms with E-state index in [4.69, 9.17) is 0 Å². The van der Waals surface area contributed by atoms with Crippen LogP contribution in [0.5, 0.6) is 0 Å². The molecular weight excluding hydrogens is 310 g/mol. The van der Waals surface area contributed by atoms with Crippen LogP contribution in [0.25, 0.3) is 11.3 Å². The number of anilines is 1. The number of hydrogen-bond acceptors (Lipinski definition) is 5. The van der Waals surface area contributed by atoms with Crippen LogP contribution in [-0.2, 0) is 0 Å². The summed E-state index contributed by atoms with van der Waals surface area (Å²) in [5.41, 5.74) is 9.04. The molecule has 112 valence electrons. The lowest BCUT2D eigenvalue weighted by Crippen LogP contribution is -1.92. The van der Waals surface area contributed by atoms with E-state index in [0.29, 0.717) is 0 Å². The van der Waals surface area contributed by atoms with Crippen LogP contribution in [0.15, 0.2) is 40.1 Å². The second kappa shape index (κ2) is 6.42. The maximum atomic E-state index is 4.65. The normalized spacial score (nSPS) is 11.2. The molecular formula is C17H17N3S2. The zero-order valence-corrected chi connectivity index (χ0v) is 14.4. The SMILES string of the molecule is Cc1cc(C)c(-c2csc(N/N=C\c3cccs3)n2)c(C)c1. The summed E-state index contributed by atoms with van der Waals surface area (Å²) in [7, 11) is 0. The average molecular weight is 327 g/mol. The van der Waals surface area contributed by atoms with Gasteiger partial charge in [-0.2, -0.15) is 5.10 Å². The van der Waals surface area contributed by atoms with Gasteiger partial charge in [-0.3, -0.25) is 5.43 Å². The highest BCUT2D eigenvalue weighted by Gasteiger charge is 2.10. The predicted molar refractivity (Wildman–Crippen MR) is 97.3 cm³/mol. The number of thiazole rings is 1. The highest BCUT2D eigenvalue weighted by atomic mass is 32.1. The van der Waals surface area contributed by atoms with Gasteiger partial charge in [0.2, 0.25) is 5.13 Å². The third-order valence-corrected chi connectivity index (χ3v) is 4.89. The molecule has 0 bridgehead atoms. The summed E-state index contributed by atoms with van der Waals surface area (Å²) in [5, 5.41) is 9.15. The second-order valence-corrected chi connectivity index (χ2v) is 7.03. The van der Waals surface area contributed by atoms with E-state index in [1.165, 1.54) is 22.3 Å². The summed E-state index contributed by atoms with van der Waals surface area (Å²) in [5.74, 6) is 0. The van der Waals surface area contributed by atoms with Crippen molar-refractivity contribution < 1.29 is 0 Å². The first kappa shape index (κ1) is 14.9. The van der Waals surface area contributed by atoms with Crippen molar-refractivity contribution in [3.8, 4) is 11.3 Å². The Morgan fingerprint density at radius 2 is 1.91 bits per heavy atom. The summed E-state index contributed by atoms with van der Waals surface area (Å²) in [6.07, 6.45) is 1.81. The van der Waals surface area contributed by atoms with Crippen LogP contribution in [0.3, 0.4) is 0 Å². The van der Waals surface area contributed by atoms with Gasteiger partial charge in [0.25, 0.3) is 0 Å². The Bertz CT molecular complexity index is 778. The minimum Gasteiger partial charge on any atom is -0.253 e. The minimum atomic E-state index is 0.808. The van der Waals surface area contributed by atoms with E-state index in [1.54, 1.807) is 22.7 Å². The van der Waals surface area contributed by atoms with Gasteiger partial charge in [0.15, 0.2) is 0 Å². The van der Waals surface area contributed by atoms with E-state index in [0.717, 1.165) is 15.7 Å². The van der Waals surface area contributed by atoms with Crippen LogP contribution in [0.2, 0.25) is 0 Å². The van der Waals surface area contributed by atoms with Crippen LogP contribution in [0.4, 0.5) is 5.13 Å². The van der Waals surface area contributed by atoms with Crippen LogP contribution in [0.1, 0.15) is 21.6 Å². The van der Waals surface area contributed by atoms with Crippen LogP contribution in [0, 0.1) is 20.8 Å². The molecule has 1 aromatic carbocycles. The zero-order valence-electron chi connectivity index (χ0n) is 12.8. The predicted octanol–water partition coefficient (Wildman–Crippen LogP) is 5.24. The minimum absolute atomic E-state index is 0.808. The first-order valence-electron chi connectivity index (χ1n) is 7.00. The van der Waals surface area contributed by atoms with E-state index >= 15 is 0 Å². The maximum absolute atomic E-state index is 4.65. The van der Waals surface area contributed by atoms with Gasteiger partial charge >= 0.3 is 0 Å². The molecule has 0 saturated carbocycles. The summed E-state index contributed by atoms with van der Waals surface area (Å²) in [6, 6.07) is 8.44. The Hall–Kier alpha value is -1.98. The summed E-state index contributed by atoms with van der Waals surface area (Å²) in [4.78, 5) is 5.77. The molecule has 0 aliphatic carbocycles. The Balaban J connectivity index is 1.79. The Morgan fingerprint density at radius 3 is 2.59 bits per heavy atom. The number of thiophene rings is 1. The molecule has 1 N–H and O–H groups in total. The molecule has 0 aliphatic rings. The van der Waals surface area contributed by atoms with Gasteiger partial charge < -0.3 is 0 Å². The lowest BCUT2D eigenvalue weighted by Gasteiger charge is -2.08. The lowest BCUT2D eigenvalue weighted by molar-refractivity contribution is 1.26. The molecule has 22 heavy (non-hydrogen) atoms. The van der Waals surface area contributed by atoms with Crippen molar-refractivity contribution in [3.05, 3.63) is 56.6 Å². The number of rotatable bonds is 4. The summed E-state index contributed by atoms with van der Waals surface area (Å²) in [6.45, 7) is 6.39. The fourth-order valence-electron chi connectivity index (χ4n) is 2.54. The molecule has 3 aromatic rings. The lowest BCUT2D eigenvalue weighted by atomic mass is 9.98. The van der Waals surface area contributed by atoms with E-state index in [2.05, 4.69) is 53.8 Å². The van der Waals surface area contributed by atoms with Gasteiger partial charge in [-0.25, -0.2) is 4.98 Å². The first-order chi connectivity index (χ1) is 10.6. The molecule has 0 fully saturated rings. The van der Waals surface area contributed by atoms with Gasteiger partial charge in [-0.1, -0.05) is 23.8 Å². The largest absolute Gasteiger partial charge is 0.253 e. The zero-order chi connectivity index (χ0) is 15.5. The van der Waals surface area contributed by atoms with Gasteiger partial charge in [0.1, 0.15) is 0 Å². The smallest absolute Gasteiger partial charge is 0.203 e. The van der Waals surface area contributed by atoms with E-state index in [1.807, 2.05) is 23.7 Å². The Labute approximate surface area is 138 Å².